The summed E-state index contributed by atoms with van der Waals surface area (Å²) in [6.45, 7) is 0.485. The fraction of sp³-hybridized carbons (Fsp3) is 0.158. The van der Waals surface area contributed by atoms with Gasteiger partial charge in [0.25, 0.3) is 5.56 Å². The number of aliphatic hydroxyl groups excluding tert-OH is 1. The molecule has 0 amide bonds. The van der Waals surface area contributed by atoms with Crippen molar-refractivity contribution in [3.05, 3.63) is 86.8 Å². The predicted molar refractivity (Wildman–Crippen MR) is 99.3 cm³/mol. The Labute approximate surface area is 158 Å². The lowest BCUT2D eigenvalue weighted by molar-refractivity contribution is 0.282. The van der Waals surface area contributed by atoms with Crippen LogP contribution in [-0.2, 0) is 13.0 Å². The van der Waals surface area contributed by atoms with Crippen LogP contribution < -0.4 is 10.9 Å². The third-order valence-corrected chi connectivity index (χ3v) is 4.36. The van der Waals surface area contributed by atoms with E-state index in [1.807, 2.05) is 24.3 Å². The molecule has 140 valence electrons. The molecule has 5 nitrogen and oxygen atoms in total. The summed E-state index contributed by atoms with van der Waals surface area (Å²) in [6, 6.07) is 10.3. The highest BCUT2D eigenvalue weighted by atomic mass is 35.5. The first-order chi connectivity index (χ1) is 13.0. The fourth-order valence-corrected chi connectivity index (χ4v) is 2.73. The zero-order valence-corrected chi connectivity index (χ0v) is 14.9. The van der Waals surface area contributed by atoms with Crippen molar-refractivity contribution in [1.82, 2.24) is 9.78 Å². The van der Waals surface area contributed by atoms with Crippen LogP contribution in [0.4, 0.5) is 14.5 Å². The normalized spacial score (nSPS) is 10.8. The largest absolute Gasteiger partial charge is 0.392 e. The summed E-state index contributed by atoms with van der Waals surface area (Å²) in [4.78, 5) is 12.4. The lowest BCUT2D eigenvalue weighted by Crippen LogP contribution is -2.24. The van der Waals surface area contributed by atoms with Gasteiger partial charge in [-0.05, 0) is 29.7 Å². The number of hydrogen-bond acceptors (Lipinski definition) is 4. The number of halogens is 3. The van der Waals surface area contributed by atoms with Gasteiger partial charge in [-0.1, -0.05) is 35.9 Å². The van der Waals surface area contributed by atoms with Crippen LogP contribution in [0.2, 0.25) is 5.02 Å². The molecule has 0 fully saturated rings. The summed E-state index contributed by atoms with van der Waals surface area (Å²) in [7, 11) is 0. The van der Waals surface area contributed by atoms with Crippen molar-refractivity contribution >= 4 is 17.3 Å². The minimum atomic E-state index is -0.910. The second-order valence-electron chi connectivity index (χ2n) is 5.84. The molecule has 0 aliphatic heterocycles. The third kappa shape index (κ3) is 4.32. The molecule has 0 aliphatic carbocycles. The predicted octanol–water partition coefficient (Wildman–Crippen LogP) is 3.31. The van der Waals surface area contributed by atoms with E-state index in [4.69, 9.17) is 16.7 Å². The van der Waals surface area contributed by atoms with Gasteiger partial charge in [0.05, 0.1) is 18.5 Å². The fourth-order valence-electron chi connectivity index (χ4n) is 2.53. The number of nitrogens with zero attached hydrogens (tertiary/aromatic N) is 2. The van der Waals surface area contributed by atoms with E-state index in [-0.39, 0.29) is 17.3 Å². The van der Waals surface area contributed by atoms with Crippen molar-refractivity contribution in [3.8, 4) is 5.69 Å². The zero-order chi connectivity index (χ0) is 19.4. The molecule has 0 atom stereocenters. The molecule has 0 radical (unpaired) electrons. The van der Waals surface area contributed by atoms with Crippen LogP contribution in [0, 0.1) is 11.6 Å². The summed E-state index contributed by atoms with van der Waals surface area (Å²) in [5.41, 5.74) is 1.31. The molecule has 0 spiro atoms. The smallest absolute Gasteiger partial charge is 0.292 e. The average molecular weight is 392 g/mol. The van der Waals surface area contributed by atoms with E-state index in [1.54, 1.807) is 0 Å². The zero-order valence-electron chi connectivity index (χ0n) is 14.1. The van der Waals surface area contributed by atoms with Crippen molar-refractivity contribution in [2.24, 2.45) is 0 Å². The van der Waals surface area contributed by atoms with Gasteiger partial charge in [-0.2, -0.15) is 9.78 Å². The van der Waals surface area contributed by atoms with Gasteiger partial charge in [0, 0.05) is 12.6 Å². The molecule has 1 aromatic heterocycles. The monoisotopic (exact) mass is 391 g/mol. The number of rotatable bonds is 6. The van der Waals surface area contributed by atoms with E-state index >= 15 is 0 Å². The van der Waals surface area contributed by atoms with E-state index in [9.17, 15) is 13.6 Å². The molecule has 0 saturated heterocycles. The standard InChI is InChI=1S/C19H16ClF2N3O2/c20-18-16(23-8-7-12-1-3-13(11-26)4-2-12)10-24-25(19(18)27)17-6-5-14(21)9-15(17)22/h1-6,9-10,23,26H,7-8,11H2. The Bertz CT molecular complexity index is 1010. The molecule has 27 heavy (non-hydrogen) atoms. The molecule has 2 N–H and O–H groups in total. The summed E-state index contributed by atoms with van der Waals surface area (Å²) in [5.74, 6) is -1.66. The van der Waals surface area contributed by atoms with Crippen molar-refractivity contribution in [3.63, 3.8) is 0 Å². The minimum absolute atomic E-state index is 0.00918. The maximum absolute atomic E-state index is 13.9. The SMILES string of the molecule is O=c1c(Cl)c(NCCc2ccc(CO)cc2)cnn1-c1ccc(F)cc1F. The molecule has 0 saturated carbocycles. The Morgan fingerprint density at radius 1 is 1.11 bits per heavy atom. The molecule has 1 heterocycles. The van der Waals surface area contributed by atoms with E-state index in [2.05, 4.69) is 10.4 Å². The number of nitrogens with one attached hydrogen (secondary N) is 1. The molecule has 3 aromatic rings. The Kier molecular flexibility index (Phi) is 5.83. The highest BCUT2D eigenvalue weighted by Crippen LogP contribution is 2.18. The highest BCUT2D eigenvalue weighted by molar-refractivity contribution is 6.32. The van der Waals surface area contributed by atoms with Crippen molar-refractivity contribution in [2.75, 3.05) is 11.9 Å². The molecule has 3 rings (SSSR count). The quantitative estimate of drug-likeness (QED) is 0.676. The first-order valence-electron chi connectivity index (χ1n) is 8.15. The Balaban J connectivity index is 1.73. The maximum atomic E-state index is 13.9. The van der Waals surface area contributed by atoms with Gasteiger partial charge >= 0.3 is 0 Å². The number of anilines is 1. The topological polar surface area (TPSA) is 67.2 Å². The summed E-state index contributed by atoms with van der Waals surface area (Å²) in [5, 5.41) is 15.8. The van der Waals surface area contributed by atoms with E-state index in [0.29, 0.717) is 24.7 Å². The van der Waals surface area contributed by atoms with Crippen LogP contribution in [0.5, 0.6) is 0 Å². The van der Waals surface area contributed by atoms with Crippen LogP contribution in [0.3, 0.4) is 0 Å². The molecule has 8 heteroatoms. The maximum Gasteiger partial charge on any atom is 0.292 e. The van der Waals surface area contributed by atoms with E-state index in [0.717, 1.165) is 27.9 Å². The molecule has 0 aliphatic rings. The van der Waals surface area contributed by atoms with Crippen LogP contribution in [0.1, 0.15) is 11.1 Å². The summed E-state index contributed by atoms with van der Waals surface area (Å²) >= 11 is 6.09. The van der Waals surface area contributed by atoms with Crippen LogP contribution in [-0.4, -0.2) is 21.4 Å². The second-order valence-corrected chi connectivity index (χ2v) is 6.21. The Morgan fingerprint density at radius 3 is 2.48 bits per heavy atom. The van der Waals surface area contributed by atoms with Crippen LogP contribution in [0.25, 0.3) is 5.69 Å². The van der Waals surface area contributed by atoms with Gasteiger partial charge in [-0.15, -0.1) is 0 Å². The average Bonchev–Trinajstić information content (AvgIpc) is 2.66. The number of benzene rings is 2. The molecule has 0 unspecified atom stereocenters. The molecular weight excluding hydrogens is 376 g/mol. The number of aromatic nitrogens is 2. The van der Waals surface area contributed by atoms with Gasteiger partial charge in [0.1, 0.15) is 16.5 Å². The number of aliphatic hydroxyl groups is 1. The van der Waals surface area contributed by atoms with Crippen molar-refractivity contribution < 1.29 is 13.9 Å². The van der Waals surface area contributed by atoms with Gasteiger partial charge in [0.15, 0.2) is 5.82 Å². The van der Waals surface area contributed by atoms with Crippen molar-refractivity contribution in [1.29, 1.82) is 0 Å². The Morgan fingerprint density at radius 2 is 1.81 bits per heavy atom. The lowest BCUT2D eigenvalue weighted by Gasteiger charge is -2.11. The molecule has 2 aromatic carbocycles. The first kappa shape index (κ1) is 19.0. The molecular formula is C19H16ClF2N3O2. The summed E-state index contributed by atoms with van der Waals surface area (Å²) < 4.78 is 27.7. The number of hydrogen-bond donors (Lipinski definition) is 2. The third-order valence-electron chi connectivity index (χ3n) is 3.99. The van der Waals surface area contributed by atoms with Crippen LogP contribution >= 0.6 is 11.6 Å². The second kappa shape index (κ2) is 8.28. The van der Waals surface area contributed by atoms with Gasteiger partial charge in [-0.25, -0.2) is 8.78 Å². The van der Waals surface area contributed by atoms with Gasteiger partial charge < -0.3 is 10.4 Å². The minimum Gasteiger partial charge on any atom is -0.392 e. The summed E-state index contributed by atoms with van der Waals surface area (Å²) in [6.07, 6.45) is 1.99. The molecule has 0 bridgehead atoms. The van der Waals surface area contributed by atoms with E-state index in [1.165, 1.54) is 6.20 Å². The van der Waals surface area contributed by atoms with Gasteiger partial charge in [0.2, 0.25) is 0 Å². The lowest BCUT2D eigenvalue weighted by atomic mass is 10.1. The van der Waals surface area contributed by atoms with Crippen molar-refractivity contribution in [2.45, 2.75) is 13.0 Å². The van der Waals surface area contributed by atoms with Crippen LogP contribution in [0.15, 0.2) is 53.5 Å². The van der Waals surface area contributed by atoms with Gasteiger partial charge in [-0.3, -0.25) is 4.79 Å². The van der Waals surface area contributed by atoms with E-state index < -0.39 is 17.2 Å². The Hall–Kier alpha value is -2.77. The highest BCUT2D eigenvalue weighted by Gasteiger charge is 2.14. The first-order valence-corrected chi connectivity index (χ1v) is 8.53.